The van der Waals surface area contributed by atoms with Gasteiger partial charge in [-0.3, -0.25) is 14.4 Å². The Morgan fingerprint density at radius 3 is 0.946 bits per heavy atom. The molecule has 1 unspecified atom stereocenters. The Morgan fingerprint density at radius 1 is 0.297 bits per heavy atom. The van der Waals surface area contributed by atoms with E-state index in [1.165, 1.54) is 83.5 Å². The number of unbranched alkanes of at least 4 members (excludes halogenated alkanes) is 18. The van der Waals surface area contributed by atoms with Crippen molar-refractivity contribution in [3.05, 3.63) is 146 Å². The molecule has 0 aliphatic rings. The number of hydrogen-bond acceptors (Lipinski definition) is 6. The van der Waals surface area contributed by atoms with Crippen LogP contribution < -0.4 is 0 Å². The fourth-order valence-electron chi connectivity index (χ4n) is 7.69. The van der Waals surface area contributed by atoms with Gasteiger partial charge in [-0.15, -0.1) is 0 Å². The zero-order valence-corrected chi connectivity index (χ0v) is 47.5. The molecule has 0 saturated carbocycles. The minimum atomic E-state index is -0.834. The van der Waals surface area contributed by atoms with Crippen LogP contribution in [0.4, 0.5) is 0 Å². The lowest BCUT2D eigenvalue weighted by atomic mass is 10.1. The second kappa shape index (κ2) is 60.8. The van der Waals surface area contributed by atoms with Crippen molar-refractivity contribution < 1.29 is 28.6 Å². The number of hydrogen-bond donors (Lipinski definition) is 0. The van der Waals surface area contributed by atoms with Crippen molar-refractivity contribution in [2.45, 2.75) is 252 Å². The molecular weight excluding hydrogens is 913 g/mol. The van der Waals surface area contributed by atoms with Crippen molar-refractivity contribution in [3.63, 3.8) is 0 Å². The summed E-state index contributed by atoms with van der Waals surface area (Å²) in [5.74, 6) is -1.08. The maximum atomic E-state index is 12.9. The van der Waals surface area contributed by atoms with Gasteiger partial charge in [-0.1, -0.05) is 250 Å². The topological polar surface area (TPSA) is 78.9 Å². The molecule has 0 aliphatic heterocycles. The Bertz CT molecular complexity index is 1640. The number of esters is 3. The van der Waals surface area contributed by atoms with E-state index in [2.05, 4.69) is 154 Å². The summed E-state index contributed by atoms with van der Waals surface area (Å²) in [4.78, 5) is 38.2. The highest BCUT2D eigenvalue weighted by atomic mass is 16.6. The van der Waals surface area contributed by atoms with Crippen LogP contribution >= 0.6 is 0 Å². The predicted molar refractivity (Wildman–Crippen MR) is 320 cm³/mol. The molecule has 1 atom stereocenters. The normalized spacial score (nSPS) is 13.2. The molecule has 0 fully saturated rings. The van der Waals surface area contributed by atoms with E-state index in [0.29, 0.717) is 12.8 Å². The van der Waals surface area contributed by atoms with Crippen LogP contribution in [0.1, 0.15) is 245 Å². The van der Waals surface area contributed by atoms with E-state index in [-0.39, 0.29) is 31.6 Å². The summed E-state index contributed by atoms with van der Waals surface area (Å²) in [5, 5.41) is 0. The molecule has 0 heterocycles. The second-order valence-corrected chi connectivity index (χ2v) is 19.2. The van der Waals surface area contributed by atoms with Crippen LogP contribution in [-0.4, -0.2) is 37.2 Å². The van der Waals surface area contributed by atoms with Gasteiger partial charge in [0, 0.05) is 12.8 Å². The number of allylic oxidation sites excluding steroid dienone is 23. The van der Waals surface area contributed by atoms with Gasteiger partial charge in [-0.2, -0.15) is 0 Å². The van der Waals surface area contributed by atoms with Crippen molar-refractivity contribution in [2.75, 3.05) is 13.2 Å². The van der Waals surface area contributed by atoms with Crippen molar-refractivity contribution in [1.82, 2.24) is 0 Å². The first-order chi connectivity index (χ1) is 36.5. The summed E-state index contributed by atoms with van der Waals surface area (Å²) in [6, 6.07) is 0. The summed E-state index contributed by atoms with van der Waals surface area (Å²) in [7, 11) is 0. The number of carbonyl (C=O) groups is 3. The summed E-state index contributed by atoms with van der Waals surface area (Å²) >= 11 is 0. The van der Waals surface area contributed by atoms with Crippen molar-refractivity contribution in [2.24, 2.45) is 0 Å². The molecule has 0 aromatic heterocycles. The Hall–Kier alpha value is -4.71. The van der Waals surface area contributed by atoms with Crippen LogP contribution in [0.2, 0.25) is 0 Å². The van der Waals surface area contributed by atoms with Gasteiger partial charge in [0.15, 0.2) is 6.10 Å². The van der Waals surface area contributed by atoms with Gasteiger partial charge in [0.05, 0.1) is 6.42 Å². The lowest BCUT2D eigenvalue weighted by Gasteiger charge is -2.18. The number of ether oxygens (including phenoxy) is 3. The molecule has 0 N–H and O–H groups in total. The fourth-order valence-corrected chi connectivity index (χ4v) is 7.69. The van der Waals surface area contributed by atoms with E-state index in [4.69, 9.17) is 14.2 Å². The van der Waals surface area contributed by atoms with Gasteiger partial charge in [-0.05, 0) is 122 Å². The molecule has 0 aromatic rings. The molecule has 0 bridgehead atoms. The standard InChI is InChI=1S/C68H108O6/c1-4-7-10-13-16-19-22-25-28-30-32-33-34-35-36-38-40-43-46-49-52-55-58-61-67(70)73-64-65(63-72-66(69)60-57-54-51-48-45-42-39-27-24-21-18-15-12-9-6-3)74-68(71)62-59-56-53-50-47-44-41-37-31-29-26-23-20-17-14-11-8-5-2/h7,9-10,12,16,18-21,23,25,27-29,31-33,35-36,39,45,48,54,57,65H,4-6,8,11,13-15,17,22,24,26,30,34,37-38,40-44,46-47,49-53,55-56,58-64H2,1-3H3/b10-7-,12-9-,19-16-,21-18-,23-20-,28-25-,31-29-,33-32-,36-35-,39-27-,48-45-,57-54-. The van der Waals surface area contributed by atoms with E-state index in [0.717, 1.165) is 122 Å². The van der Waals surface area contributed by atoms with Crippen LogP contribution in [0.5, 0.6) is 0 Å². The van der Waals surface area contributed by atoms with Crippen LogP contribution in [0.3, 0.4) is 0 Å². The van der Waals surface area contributed by atoms with E-state index in [1.807, 2.05) is 6.08 Å². The predicted octanol–water partition coefficient (Wildman–Crippen LogP) is 20.4. The van der Waals surface area contributed by atoms with Gasteiger partial charge in [0.1, 0.15) is 13.2 Å². The molecule has 0 aromatic carbocycles. The SMILES string of the molecule is CC/C=C\C/C=C\C/C=C\C/C=C\C/C=C\CCCCCCCCCC(=O)OCC(COC(=O)C/C=C\C/C=C\C/C=C\C/C=C\C/C=C\CC)OC(=O)CCCCCCCCC/C=C\C/C=C\CCCCCC. The van der Waals surface area contributed by atoms with Gasteiger partial charge < -0.3 is 14.2 Å². The monoisotopic (exact) mass is 1020 g/mol. The molecule has 0 rings (SSSR count). The van der Waals surface area contributed by atoms with E-state index >= 15 is 0 Å². The lowest BCUT2D eigenvalue weighted by molar-refractivity contribution is -0.166. The molecule has 416 valence electrons. The summed E-state index contributed by atoms with van der Waals surface area (Å²) in [6.45, 7) is 6.29. The average molecular weight is 1020 g/mol. The van der Waals surface area contributed by atoms with Crippen molar-refractivity contribution in [1.29, 1.82) is 0 Å². The third kappa shape index (κ3) is 58.2. The highest BCUT2D eigenvalue weighted by Gasteiger charge is 2.19. The third-order valence-corrected chi connectivity index (χ3v) is 12.1. The minimum absolute atomic E-state index is 0.117. The average Bonchev–Trinajstić information content (AvgIpc) is 3.40. The third-order valence-electron chi connectivity index (χ3n) is 12.1. The van der Waals surface area contributed by atoms with Crippen LogP contribution in [-0.2, 0) is 28.6 Å². The largest absolute Gasteiger partial charge is 0.462 e. The molecule has 0 aliphatic carbocycles. The van der Waals surface area contributed by atoms with Crippen LogP contribution in [0.25, 0.3) is 0 Å². The van der Waals surface area contributed by atoms with Crippen LogP contribution in [0, 0.1) is 0 Å². The van der Waals surface area contributed by atoms with Gasteiger partial charge in [0.25, 0.3) is 0 Å². The molecular formula is C68H108O6. The molecule has 0 amide bonds. The molecule has 0 spiro atoms. The zero-order chi connectivity index (χ0) is 53.6. The first-order valence-electron chi connectivity index (χ1n) is 29.8. The Morgan fingerprint density at radius 2 is 0.581 bits per heavy atom. The molecule has 0 radical (unpaired) electrons. The Balaban J connectivity index is 4.51. The first-order valence-corrected chi connectivity index (χ1v) is 29.8. The van der Waals surface area contributed by atoms with E-state index < -0.39 is 12.1 Å². The molecule has 74 heavy (non-hydrogen) atoms. The fraction of sp³-hybridized carbons (Fsp3) is 0.603. The van der Waals surface area contributed by atoms with Crippen LogP contribution in [0.15, 0.2) is 146 Å². The highest BCUT2D eigenvalue weighted by molar-refractivity contribution is 5.72. The lowest BCUT2D eigenvalue weighted by Crippen LogP contribution is -2.30. The quantitative estimate of drug-likeness (QED) is 0.0261. The van der Waals surface area contributed by atoms with Gasteiger partial charge in [0.2, 0.25) is 0 Å². The molecule has 6 nitrogen and oxygen atoms in total. The maximum absolute atomic E-state index is 12.9. The van der Waals surface area contributed by atoms with Gasteiger partial charge >= 0.3 is 17.9 Å². The second-order valence-electron chi connectivity index (χ2n) is 19.2. The Kier molecular flexibility index (Phi) is 57.0. The molecule has 0 saturated heterocycles. The summed E-state index contributed by atoms with van der Waals surface area (Å²) in [6.07, 6.45) is 87.2. The Labute approximate surface area is 455 Å². The zero-order valence-electron chi connectivity index (χ0n) is 47.5. The first kappa shape index (κ1) is 69.3. The number of carbonyl (C=O) groups excluding carboxylic acids is 3. The van der Waals surface area contributed by atoms with Crippen molar-refractivity contribution in [3.8, 4) is 0 Å². The number of rotatable bonds is 52. The molecule has 6 heteroatoms. The van der Waals surface area contributed by atoms with E-state index in [1.54, 1.807) is 6.08 Å². The smallest absolute Gasteiger partial charge is 0.309 e. The maximum Gasteiger partial charge on any atom is 0.309 e. The minimum Gasteiger partial charge on any atom is -0.462 e. The van der Waals surface area contributed by atoms with Crippen molar-refractivity contribution >= 4 is 17.9 Å². The highest BCUT2D eigenvalue weighted by Crippen LogP contribution is 2.14. The van der Waals surface area contributed by atoms with Gasteiger partial charge in [-0.25, -0.2) is 0 Å². The summed E-state index contributed by atoms with van der Waals surface area (Å²) in [5.41, 5.74) is 0. The van der Waals surface area contributed by atoms with E-state index in [9.17, 15) is 14.4 Å². The summed E-state index contributed by atoms with van der Waals surface area (Å²) < 4.78 is 16.8.